The molecule has 2 rings (SSSR count). The molecule has 20 heavy (non-hydrogen) atoms. The van der Waals surface area contributed by atoms with Gasteiger partial charge in [-0.25, -0.2) is 8.78 Å². The van der Waals surface area contributed by atoms with Gasteiger partial charge in [0, 0.05) is 11.6 Å². The van der Waals surface area contributed by atoms with Crippen molar-refractivity contribution in [2.45, 2.75) is 32.2 Å². The third-order valence-corrected chi connectivity index (χ3v) is 4.03. The average molecular weight is 295 g/mol. The molecule has 0 radical (unpaired) electrons. The Morgan fingerprint density at radius 1 is 1.25 bits per heavy atom. The third kappa shape index (κ3) is 3.87. The smallest absolute Gasteiger partial charge is 0.163 e. The summed E-state index contributed by atoms with van der Waals surface area (Å²) in [6, 6.07) is 6.32. The molecule has 0 aliphatic heterocycles. The van der Waals surface area contributed by atoms with Crippen LogP contribution in [0.5, 0.6) is 0 Å². The summed E-state index contributed by atoms with van der Waals surface area (Å²) < 4.78 is 27.3. The molecule has 0 aliphatic rings. The lowest BCUT2D eigenvalue weighted by molar-refractivity contribution is 0.446. The van der Waals surface area contributed by atoms with E-state index in [1.54, 1.807) is 23.5 Å². The molecular weight excluding hydrogens is 276 g/mol. The number of nitrogens with one attached hydrogen (secondary N) is 1. The molecule has 108 valence electrons. The molecule has 1 heterocycles. The first kappa shape index (κ1) is 15.1. The van der Waals surface area contributed by atoms with E-state index in [0.717, 1.165) is 31.9 Å². The molecule has 1 atom stereocenters. The number of hydrogen-bond acceptors (Lipinski definition) is 2. The number of rotatable bonds is 7. The second kappa shape index (κ2) is 7.50. The van der Waals surface area contributed by atoms with Crippen molar-refractivity contribution >= 4 is 11.3 Å². The Morgan fingerprint density at radius 2 is 2.10 bits per heavy atom. The van der Waals surface area contributed by atoms with Crippen molar-refractivity contribution in [1.29, 1.82) is 0 Å². The lowest BCUT2D eigenvalue weighted by Crippen LogP contribution is -2.24. The van der Waals surface area contributed by atoms with Crippen molar-refractivity contribution in [1.82, 2.24) is 5.32 Å². The fourth-order valence-electron chi connectivity index (χ4n) is 2.22. The standard InChI is InChI=1S/C16H19F2NS/c1-2-9-19-15(7-6-12-8-10-20-11-12)13-4-3-5-14(17)16(13)18/h3-5,8,10-11,15,19H,2,6-7,9H2,1H3. The summed E-state index contributed by atoms with van der Waals surface area (Å²) in [5.74, 6) is -1.51. The predicted octanol–water partition coefficient (Wildman–Crippen LogP) is 4.70. The van der Waals surface area contributed by atoms with Gasteiger partial charge in [0.05, 0.1) is 0 Å². The summed E-state index contributed by atoms with van der Waals surface area (Å²) in [7, 11) is 0. The van der Waals surface area contributed by atoms with Crippen molar-refractivity contribution in [3.8, 4) is 0 Å². The van der Waals surface area contributed by atoms with Gasteiger partial charge in [-0.15, -0.1) is 0 Å². The monoisotopic (exact) mass is 295 g/mol. The lowest BCUT2D eigenvalue weighted by Gasteiger charge is -2.19. The van der Waals surface area contributed by atoms with Gasteiger partial charge >= 0.3 is 0 Å². The zero-order chi connectivity index (χ0) is 14.4. The Morgan fingerprint density at radius 3 is 2.80 bits per heavy atom. The van der Waals surface area contributed by atoms with Crippen molar-refractivity contribution < 1.29 is 8.78 Å². The predicted molar refractivity (Wildman–Crippen MR) is 80.0 cm³/mol. The molecule has 2 aromatic rings. The van der Waals surface area contributed by atoms with Crippen LogP contribution in [-0.2, 0) is 6.42 Å². The minimum Gasteiger partial charge on any atom is -0.310 e. The van der Waals surface area contributed by atoms with Crippen LogP contribution in [0.25, 0.3) is 0 Å². The van der Waals surface area contributed by atoms with E-state index in [9.17, 15) is 8.78 Å². The van der Waals surface area contributed by atoms with Gasteiger partial charge in [-0.3, -0.25) is 0 Å². The van der Waals surface area contributed by atoms with Crippen LogP contribution >= 0.6 is 11.3 Å². The summed E-state index contributed by atoms with van der Waals surface area (Å²) in [5, 5.41) is 7.44. The summed E-state index contributed by atoms with van der Waals surface area (Å²) in [4.78, 5) is 0. The van der Waals surface area contributed by atoms with E-state index in [4.69, 9.17) is 0 Å². The maximum atomic E-state index is 13.9. The van der Waals surface area contributed by atoms with E-state index in [0.29, 0.717) is 5.56 Å². The second-order valence-electron chi connectivity index (χ2n) is 4.82. The van der Waals surface area contributed by atoms with Gasteiger partial charge in [-0.1, -0.05) is 19.1 Å². The van der Waals surface area contributed by atoms with Crippen LogP contribution in [0.4, 0.5) is 8.78 Å². The van der Waals surface area contributed by atoms with E-state index in [2.05, 4.69) is 23.7 Å². The van der Waals surface area contributed by atoms with Crippen molar-refractivity contribution in [3.63, 3.8) is 0 Å². The molecule has 1 aromatic carbocycles. The van der Waals surface area contributed by atoms with Crippen LogP contribution in [0.1, 0.15) is 36.9 Å². The number of aryl methyl sites for hydroxylation is 1. The van der Waals surface area contributed by atoms with Crippen LogP contribution in [-0.4, -0.2) is 6.54 Å². The Hall–Kier alpha value is -1.26. The van der Waals surface area contributed by atoms with Crippen LogP contribution in [0, 0.1) is 11.6 Å². The number of hydrogen-bond donors (Lipinski definition) is 1. The normalized spacial score (nSPS) is 12.6. The van der Waals surface area contributed by atoms with Gasteiger partial charge in [-0.05, 0) is 54.3 Å². The number of halogens is 2. The third-order valence-electron chi connectivity index (χ3n) is 3.30. The Bertz CT molecular complexity index is 525. The quantitative estimate of drug-likeness (QED) is 0.780. The Labute approximate surface area is 122 Å². The van der Waals surface area contributed by atoms with Gasteiger partial charge in [0.2, 0.25) is 0 Å². The van der Waals surface area contributed by atoms with Crippen LogP contribution in [0.15, 0.2) is 35.0 Å². The van der Waals surface area contributed by atoms with E-state index >= 15 is 0 Å². The molecule has 0 bridgehead atoms. The minimum absolute atomic E-state index is 0.148. The van der Waals surface area contributed by atoms with E-state index < -0.39 is 11.6 Å². The van der Waals surface area contributed by atoms with Crippen molar-refractivity contribution in [2.24, 2.45) is 0 Å². The number of benzene rings is 1. The highest BCUT2D eigenvalue weighted by Crippen LogP contribution is 2.24. The minimum atomic E-state index is -0.777. The molecule has 0 fully saturated rings. The summed E-state index contributed by atoms with van der Waals surface area (Å²) in [6.07, 6.45) is 2.59. The highest BCUT2D eigenvalue weighted by molar-refractivity contribution is 7.07. The van der Waals surface area contributed by atoms with Crippen molar-refractivity contribution in [2.75, 3.05) is 6.54 Å². The fourth-order valence-corrected chi connectivity index (χ4v) is 2.92. The van der Waals surface area contributed by atoms with Gasteiger partial charge < -0.3 is 5.32 Å². The highest BCUT2D eigenvalue weighted by atomic mass is 32.1. The average Bonchev–Trinajstić information content (AvgIpc) is 2.96. The SMILES string of the molecule is CCCNC(CCc1ccsc1)c1cccc(F)c1F. The first-order chi connectivity index (χ1) is 9.72. The van der Waals surface area contributed by atoms with E-state index in [1.807, 2.05) is 5.38 Å². The summed E-state index contributed by atoms with van der Waals surface area (Å²) >= 11 is 1.66. The summed E-state index contributed by atoms with van der Waals surface area (Å²) in [5.41, 5.74) is 1.67. The molecular formula is C16H19F2NS. The molecule has 1 N–H and O–H groups in total. The first-order valence-corrected chi connectivity index (χ1v) is 7.85. The van der Waals surface area contributed by atoms with Gasteiger partial charge in [0.1, 0.15) is 0 Å². The van der Waals surface area contributed by atoms with Crippen LogP contribution in [0.3, 0.4) is 0 Å². The fraction of sp³-hybridized carbons (Fsp3) is 0.375. The maximum Gasteiger partial charge on any atom is 0.163 e. The number of thiophene rings is 1. The second-order valence-corrected chi connectivity index (χ2v) is 5.60. The lowest BCUT2D eigenvalue weighted by atomic mass is 9.99. The van der Waals surface area contributed by atoms with Crippen molar-refractivity contribution in [3.05, 3.63) is 57.8 Å². The highest BCUT2D eigenvalue weighted by Gasteiger charge is 2.17. The first-order valence-electron chi connectivity index (χ1n) is 6.90. The zero-order valence-corrected chi connectivity index (χ0v) is 12.4. The molecule has 0 saturated carbocycles. The van der Waals surface area contributed by atoms with Gasteiger partial charge in [0.25, 0.3) is 0 Å². The van der Waals surface area contributed by atoms with E-state index in [1.165, 1.54) is 5.56 Å². The molecule has 0 amide bonds. The zero-order valence-electron chi connectivity index (χ0n) is 11.5. The molecule has 1 aromatic heterocycles. The Balaban J connectivity index is 2.11. The molecule has 0 aliphatic carbocycles. The molecule has 1 unspecified atom stereocenters. The summed E-state index contributed by atoms with van der Waals surface area (Å²) in [6.45, 7) is 2.86. The van der Waals surface area contributed by atoms with Gasteiger partial charge in [0.15, 0.2) is 11.6 Å². The molecule has 0 saturated heterocycles. The topological polar surface area (TPSA) is 12.0 Å². The molecule has 0 spiro atoms. The maximum absolute atomic E-state index is 13.9. The van der Waals surface area contributed by atoms with Crippen LogP contribution in [0.2, 0.25) is 0 Å². The molecule has 4 heteroatoms. The van der Waals surface area contributed by atoms with E-state index in [-0.39, 0.29) is 6.04 Å². The Kier molecular flexibility index (Phi) is 5.68. The largest absolute Gasteiger partial charge is 0.310 e. The van der Waals surface area contributed by atoms with Gasteiger partial charge in [-0.2, -0.15) is 11.3 Å². The molecule has 1 nitrogen and oxygen atoms in total. The van der Waals surface area contributed by atoms with Crippen LogP contribution < -0.4 is 5.32 Å².